The van der Waals surface area contributed by atoms with Crippen molar-refractivity contribution in [3.63, 3.8) is 0 Å². The van der Waals surface area contributed by atoms with Crippen LogP contribution in [0.15, 0.2) is 36.4 Å². The fourth-order valence-electron chi connectivity index (χ4n) is 1.63. The van der Waals surface area contributed by atoms with E-state index in [4.69, 9.17) is 0 Å². The summed E-state index contributed by atoms with van der Waals surface area (Å²) in [4.78, 5) is 4.55. The molecule has 0 aliphatic carbocycles. The van der Waals surface area contributed by atoms with Gasteiger partial charge in [-0.1, -0.05) is 30.3 Å². The smallest absolute Gasteiger partial charge is 0.155 e. The van der Waals surface area contributed by atoms with Crippen LogP contribution in [-0.2, 0) is 0 Å². The fraction of sp³-hybridized carbons (Fsp3) is 0. The Labute approximate surface area is 98.9 Å². The van der Waals surface area contributed by atoms with E-state index in [0.717, 1.165) is 8.53 Å². The van der Waals surface area contributed by atoms with E-state index in [1.165, 1.54) is 15.5 Å². The first kappa shape index (κ1) is 8.61. The lowest BCUT2D eigenvalue weighted by Gasteiger charge is -1.96. The van der Waals surface area contributed by atoms with Crippen molar-refractivity contribution in [3.8, 4) is 0 Å². The fourth-order valence-corrected chi connectivity index (χ4v) is 3.29. The normalized spacial score (nSPS) is 11.2. The van der Waals surface area contributed by atoms with E-state index in [1.807, 2.05) is 0 Å². The van der Waals surface area contributed by atoms with Crippen LogP contribution in [0.4, 0.5) is 0 Å². The predicted molar refractivity (Wildman–Crippen MR) is 69.8 cm³/mol. The Balaban J connectivity index is 2.60. The van der Waals surface area contributed by atoms with Crippen LogP contribution >= 0.6 is 33.9 Å². The Morgan fingerprint density at radius 3 is 2.86 bits per heavy atom. The molecule has 0 fully saturated rings. The molecular formula is C11H6INS. The largest absolute Gasteiger partial charge is 0.229 e. The first-order chi connectivity index (χ1) is 6.84. The number of hydrogen-bond acceptors (Lipinski definition) is 2. The van der Waals surface area contributed by atoms with Crippen molar-refractivity contribution in [1.29, 1.82) is 0 Å². The first-order valence-electron chi connectivity index (χ1n) is 4.28. The number of rotatable bonds is 0. The minimum Gasteiger partial charge on any atom is -0.229 e. The standard InChI is InChI=1S/C11H6INS/c12-11-13-10-8-4-2-1-3-7(8)5-6-9(10)14-11/h1-6H. The third-order valence-electron chi connectivity index (χ3n) is 2.26. The van der Waals surface area contributed by atoms with Crippen LogP contribution in [0.2, 0.25) is 0 Å². The zero-order valence-corrected chi connectivity index (χ0v) is 10.2. The van der Waals surface area contributed by atoms with Gasteiger partial charge in [0.05, 0.1) is 10.2 Å². The lowest BCUT2D eigenvalue weighted by molar-refractivity contribution is 1.46. The number of fused-ring (bicyclic) bond motifs is 3. The first-order valence-corrected chi connectivity index (χ1v) is 6.18. The Morgan fingerprint density at radius 2 is 1.93 bits per heavy atom. The highest BCUT2D eigenvalue weighted by Gasteiger charge is 2.04. The predicted octanol–water partition coefficient (Wildman–Crippen LogP) is 4.05. The zero-order valence-electron chi connectivity index (χ0n) is 7.20. The molecule has 0 unspecified atom stereocenters. The molecule has 0 bridgehead atoms. The summed E-state index contributed by atoms with van der Waals surface area (Å²) < 4.78 is 2.38. The van der Waals surface area contributed by atoms with E-state index in [0.29, 0.717) is 0 Å². The van der Waals surface area contributed by atoms with Gasteiger partial charge in [0.15, 0.2) is 3.01 Å². The van der Waals surface area contributed by atoms with Crippen LogP contribution in [0.3, 0.4) is 0 Å². The van der Waals surface area contributed by atoms with Crippen molar-refractivity contribution in [2.24, 2.45) is 0 Å². The van der Waals surface area contributed by atoms with Crippen molar-refractivity contribution in [3.05, 3.63) is 39.4 Å². The third kappa shape index (κ3) is 1.23. The van der Waals surface area contributed by atoms with Gasteiger partial charge in [0.2, 0.25) is 0 Å². The van der Waals surface area contributed by atoms with E-state index in [9.17, 15) is 0 Å². The van der Waals surface area contributed by atoms with Gasteiger partial charge >= 0.3 is 0 Å². The molecule has 14 heavy (non-hydrogen) atoms. The van der Waals surface area contributed by atoms with Gasteiger partial charge in [-0.05, 0) is 34.0 Å². The molecule has 3 rings (SSSR count). The van der Waals surface area contributed by atoms with Crippen molar-refractivity contribution in [2.45, 2.75) is 0 Å². The molecule has 0 atom stereocenters. The molecule has 3 heteroatoms. The molecule has 0 spiro atoms. The van der Waals surface area contributed by atoms with Gasteiger partial charge in [-0.3, -0.25) is 0 Å². The highest BCUT2D eigenvalue weighted by molar-refractivity contribution is 14.1. The molecule has 1 heterocycles. The summed E-state index contributed by atoms with van der Waals surface area (Å²) >= 11 is 4.02. The van der Waals surface area contributed by atoms with Crippen molar-refractivity contribution in [1.82, 2.24) is 4.98 Å². The minimum absolute atomic E-state index is 1.11. The zero-order chi connectivity index (χ0) is 9.54. The molecule has 0 amide bonds. The quantitative estimate of drug-likeness (QED) is 0.571. The second-order valence-corrected chi connectivity index (χ2v) is 5.88. The van der Waals surface area contributed by atoms with Gasteiger partial charge in [-0.15, -0.1) is 11.3 Å². The summed E-state index contributed by atoms with van der Waals surface area (Å²) in [6.45, 7) is 0. The molecule has 0 aliphatic rings. The second-order valence-electron chi connectivity index (χ2n) is 3.10. The molecule has 0 N–H and O–H groups in total. The maximum Gasteiger partial charge on any atom is 0.155 e. The summed E-state index contributed by atoms with van der Waals surface area (Å²) in [5.74, 6) is 0. The number of thiazole rings is 1. The lowest BCUT2D eigenvalue weighted by Crippen LogP contribution is -1.74. The van der Waals surface area contributed by atoms with Gasteiger partial charge in [-0.2, -0.15) is 0 Å². The van der Waals surface area contributed by atoms with Gasteiger partial charge in [0.25, 0.3) is 0 Å². The molecule has 2 aromatic carbocycles. The van der Waals surface area contributed by atoms with Crippen LogP contribution in [0.5, 0.6) is 0 Å². The Hall–Kier alpha value is -0.680. The molecule has 3 aromatic rings. The molecule has 68 valence electrons. The van der Waals surface area contributed by atoms with Crippen LogP contribution in [0.25, 0.3) is 21.0 Å². The van der Waals surface area contributed by atoms with Gasteiger partial charge < -0.3 is 0 Å². The van der Waals surface area contributed by atoms with Crippen LogP contribution in [0, 0.1) is 3.01 Å². The van der Waals surface area contributed by atoms with Gasteiger partial charge in [0.1, 0.15) is 0 Å². The summed E-state index contributed by atoms with van der Waals surface area (Å²) in [5, 5.41) is 2.52. The van der Waals surface area contributed by atoms with E-state index >= 15 is 0 Å². The number of hydrogen-bond donors (Lipinski definition) is 0. The number of nitrogens with zero attached hydrogens (tertiary/aromatic N) is 1. The number of benzene rings is 2. The summed E-state index contributed by atoms with van der Waals surface area (Å²) in [6.07, 6.45) is 0. The molecule has 0 radical (unpaired) electrons. The van der Waals surface area contributed by atoms with Crippen molar-refractivity contribution in [2.75, 3.05) is 0 Å². The average molecular weight is 311 g/mol. The maximum absolute atomic E-state index is 4.55. The molecule has 1 aromatic heterocycles. The Kier molecular flexibility index (Phi) is 1.95. The van der Waals surface area contributed by atoms with Crippen molar-refractivity contribution >= 4 is 54.9 Å². The minimum atomic E-state index is 1.11. The Morgan fingerprint density at radius 1 is 1.07 bits per heavy atom. The third-order valence-corrected chi connectivity index (χ3v) is 3.97. The van der Waals surface area contributed by atoms with Gasteiger partial charge in [0, 0.05) is 5.39 Å². The van der Waals surface area contributed by atoms with Crippen LogP contribution < -0.4 is 0 Å². The topological polar surface area (TPSA) is 12.9 Å². The van der Waals surface area contributed by atoms with E-state index in [2.05, 4.69) is 64.0 Å². The summed E-state index contributed by atoms with van der Waals surface area (Å²) in [7, 11) is 0. The van der Waals surface area contributed by atoms with Gasteiger partial charge in [-0.25, -0.2) is 4.98 Å². The van der Waals surface area contributed by atoms with Crippen LogP contribution in [-0.4, -0.2) is 4.98 Å². The summed E-state index contributed by atoms with van der Waals surface area (Å²) in [6, 6.07) is 12.7. The SMILES string of the molecule is Ic1nc2c(ccc3ccccc32)s1. The second kappa shape index (κ2) is 3.17. The average Bonchev–Trinajstić information content (AvgIpc) is 2.59. The molecule has 0 saturated carbocycles. The van der Waals surface area contributed by atoms with E-state index in [1.54, 1.807) is 11.3 Å². The molecular weight excluding hydrogens is 305 g/mol. The summed E-state index contributed by atoms with van der Waals surface area (Å²) in [5.41, 5.74) is 1.14. The maximum atomic E-state index is 4.55. The van der Waals surface area contributed by atoms with E-state index < -0.39 is 0 Å². The Bertz CT molecular complexity index is 615. The van der Waals surface area contributed by atoms with Crippen LogP contribution in [0.1, 0.15) is 0 Å². The van der Waals surface area contributed by atoms with E-state index in [-0.39, 0.29) is 0 Å². The monoisotopic (exact) mass is 311 g/mol. The highest BCUT2D eigenvalue weighted by atomic mass is 127. The molecule has 0 saturated heterocycles. The highest BCUT2D eigenvalue weighted by Crippen LogP contribution is 2.29. The van der Waals surface area contributed by atoms with Crippen molar-refractivity contribution < 1.29 is 0 Å². The molecule has 1 nitrogen and oxygen atoms in total. The lowest BCUT2D eigenvalue weighted by atomic mass is 10.1. The molecule has 0 aliphatic heterocycles. The number of aromatic nitrogens is 1. The number of halogens is 1.